The molecule has 0 saturated carbocycles. The van der Waals surface area contributed by atoms with E-state index >= 15 is 0 Å². The Balaban J connectivity index is 1.57. The van der Waals surface area contributed by atoms with Crippen LogP contribution in [0.4, 0.5) is 5.69 Å². The first-order valence-corrected chi connectivity index (χ1v) is 12.3. The van der Waals surface area contributed by atoms with Crippen molar-refractivity contribution >= 4 is 35.9 Å². The highest BCUT2D eigenvalue weighted by molar-refractivity contribution is 7.53. The van der Waals surface area contributed by atoms with Gasteiger partial charge in [0.1, 0.15) is 5.69 Å². The van der Waals surface area contributed by atoms with Gasteiger partial charge in [0.05, 0.1) is 49.1 Å². The van der Waals surface area contributed by atoms with Gasteiger partial charge in [-0.05, 0) is 25.3 Å². The lowest BCUT2D eigenvalue weighted by atomic mass is 9.93. The van der Waals surface area contributed by atoms with Gasteiger partial charge < -0.3 is 9.05 Å². The van der Waals surface area contributed by atoms with Crippen LogP contribution >= 0.6 is 7.60 Å². The van der Waals surface area contributed by atoms with Gasteiger partial charge in [-0.1, -0.05) is 17.3 Å². The molecule has 178 valence electrons. The molecule has 1 aliphatic heterocycles. The second kappa shape index (κ2) is 9.41. The zero-order valence-corrected chi connectivity index (χ0v) is 19.4. The van der Waals surface area contributed by atoms with E-state index in [0.29, 0.717) is 16.5 Å². The Bertz CT molecular complexity index is 1330. The van der Waals surface area contributed by atoms with E-state index in [1.165, 1.54) is 23.0 Å². The van der Waals surface area contributed by atoms with Crippen molar-refractivity contribution in [3.8, 4) is 0 Å². The molecular formula is C21H22N5O7P. The average Bonchev–Trinajstić information content (AvgIpc) is 3.26. The summed E-state index contributed by atoms with van der Waals surface area (Å²) >= 11 is 0. The van der Waals surface area contributed by atoms with Crippen LogP contribution in [0.5, 0.6) is 0 Å². The maximum atomic E-state index is 13.2. The summed E-state index contributed by atoms with van der Waals surface area (Å²) in [6.45, 7) is 3.94. The Labute approximate surface area is 194 Å². The molecule has 2 amide bonds. The number of nitro benzene ring substituents is 1. The predicted molar refractivity (Wildman–Crippen MR) is 121 cm³/mol. The van der Waals surface area contributed by atoms with Crippen LogP contribution in [0.2, 0.25) is 0 Å². The molecule has 4 rings (SSSR count). The highest BCUT2D eigenvalue weighted by Gasteiger charge is 2.35. The van der Waals surface area contributed by atoms with Gasteiger partial charge >= 0.3 is 7.60 Å². The summed E-state index contributed by atoms with van der Waals surface area (Å²) < 4.78 is 24.6. The largest absolute Gasteiger partial charge is 0.332 e. The third-order valence-corrected chi connectivity index (χ3v) is 7.34. The molecule has 0 bridgehead atoms. The fourth-order valence-electron chi connectivity index (χ4n) is 3.86. The van der Waals surface area contributed by atoms with E-state index in [4.69, 9.17) is 9.05 Å². The lowest BCUT2D eigenvalue weighted by Gasteiger charge is -2.26. The SMILES string of the molecule is CCOP(=O)(CCn1cc(CN2C(=O)c3cccc4cc([N+](=O)[O-])cc(c34)C2=O)nn1)OCC. The van der Waals surface area contributed by atoms with Gasteiger partial charge in [0.15, 0.2) is 0 Å². The number of benzene rings is 2. The fraction of sp³-hybridized carbons (Fsp3) is 0.333. The van der Waals surface area contributed by atoms with E-state index in [0.717, 1.165) is 4.90 Å². The van der Waals surface area contributed by atoms with Crippen LogP contribution in [0.15, 0.2) is 36.5 Å². The van der Waals surface area contributed by atoms with Crippen molar-refractivity contribution in [3.63, 3.8) is 0 Å². The Morgan fingerprint density at radius 3 is 2.47 bits per heavy atom. The van der Waals surface area contributed by atoms with Gasteiger partial charge in [0.25, 0.3) is 17.5 Å². The molecule has 2 heterocycles. The number of carbonyl (C=O) groups excluding carboxylic acids is 2. The molecule has 0 N–H and O–H groups in total. The molecule has 0 unspecified atom stereocenters. The van der Waals surface area contributed by atoms with Gasteiger partial charge in [-0.15, -0.1) is 5.10 Å². The molecular weight excluding hydrogens is 465 g/mol. The molecule has 0 saturated heterocycles. The first-order chi connectivity index (χ1) is 16.3. The molecule has 1 aromatic heterocycles. The van der Waals surface area contributed by atoms with E-state index in [2.05, 4.69) is 10.3 Å². The number of hydrogen-bond acceptors (Lipinski definition) is 9. The second-order valence-electron chi connectivity index (χ2n) is 7.49. The standard InChI is InChI=1S/C21H22N5O7P/c1-3-32-34(31,33-4-2)9-8-24-12-15(22-23-24)13-25-20(27)17-7-5-6-14-10-16(26(29)30)11-18(19(14)17)21(25)28/h5-7,10-12H,3-4,8-9,13H2,1-2H3. The fourth-order valence-corrected chi connectivity index (χ4v) is 5.43. The first kappa shape index (κ1) is 23.7. The molecule has 0 aliphatic carbocycles. The lowest BCUT2D eigenvalue weighted by molar-refractivity contribution is -0.384. The Morgan fingerprint density at radius 1 is 1.09 bits per heavy atom. The van der Waals surface area contributed by atoms with Crippen LogP contribution in [-0.4, -0.2) is 56.0 Å². The van der Waals surface area contributed by atoms with Crippen molar-refractivity contribution in [2.45, 2.75) is 26.9 Å². The van der Waals surface area contributed by atoms with Crippen molar-refractivity contribution in [2.24, 2.45) is 0 Å². The minimum atomic E-state index is -3.27. The minimum absolute atomic E-state index is 0.0814. The predicted octanol–water partition coefficient (Wildman–Crippen LogP) is 3.40. The van der Waals surface area contributed by atoms with Gasteiger partial charge in [-0.3, -0.25) is 33.9 Å². The van der Waals surface area contributed by atoms with Crippen LogP contribution in [0.3, 0.4) is 0 Å². The zero-order valence-electron chi connectivity index (χ0n) is 18.5. The number of aromatic nitrogens is 3. The number of imide groups is 1. The highest BCUT2D eigenvalue weighted by atomic mass is 31.2. The molecule has 2 aromatic carbocycles. The quantitative estimate of drug-likeness (QED) is 0.182. The summed E-state index contributed by atoms with van der Waals surface area (Å²) in [5, 5.41) is 20.2. The van der Waals surface area contributed by atoms with Gasteiger partial charge in [-0.25, -0.2) is 0 Å². The molecule has 0 spiro atoms. The Hall–Kier alpha value is -3.47. The smallest absolute Gasteiger partial charge is 0.309 e. The number of aryl methyl sites for hydroxylation is 1. The van der Waals surface area contributed by atoms with E-state index < -0.39 is 24.3 Å². The van der Waals surface area contributed by atoms with Gasteiger partial charge in [0, 0.05) is 23.1 Å². The Kier molecular flexibility index (Phi) is 6.56. The number of hydrogen-bond donors (Lipinski definition) is 0. The average molecular weight is 487 g/mol. The summed E-state index contributed by atoms with van der Waals surface area (Å²) in [5.74, 6) is -1.17. The van der Waals surface area contributed by atoms with Crippen molar-refractivity contribution in [2.75, 3.05) is 19.4 Å². The number of rotatable bonds is 10. The van der Waals surface area contributed by atoms with Gasteiger partial charge in [0.2, 0.25) is 0 Å². The number of nitrogens with zero attached hydrogens (tertiary/aromatic N) is 5. The van der Waals surface area contributed by atoms with Crippen LogP contribution in [0, 0.1) is 10.1 Å². The van der Waals surface area contributed by atoms with Crippen LogP contribution in [0.25, 0.3) is 10.8 Å². The molecule has 12 nitrogen and oxygen atoms in total. The number of amides is 2. The Morgan fingerprint density at radius 2 is 1.79 bits per heavy atom. The number of carbonyl (C=O) groups is 2. The zero-order chi connectivity index (χ0) is 24.5. The summed E-state index contributed by atoms with van der Waals surface area (Å²) in [7, 11) is -3.27. The van der Waals surface area contributed by atoms with E-state index in [-0.39, 0.29) is 49.3 Å². The maximum absolute atomic E-state index is 13.2. The second-order valence-corrected chi connectivity index (χ2v) is 9.68. The first-order valence-electron chi connectivity index (χ1n) is 10.6. The highest BCUT2D eigenvalue weighted by Crippen LogP contribution is 2.47. The van der Waals surface area contributed by atoms with Crippen LogP contribution in [-0.2, 0) is 26.7 Å². The van der Waals surface area contributed by atoms with Crippen LogP contribution < -0.4 is 0 Å². The van der Waals surface area contributed by atoms with Crippen molar-refractivity contribution < 1.29 is 28.1 Å². The minimum Gasteiger partial charge on any atom is -0.309 e. The van der Waals surface area contributed by atoms with E-state index in [1.54, 1.807) is 32.0 Å². The monoisotopic (exact) mass is 487 g/mol. The normalized spacial score (nSPS) is 13.6. The molecule has 34 heavy (non-hydrogen) atoms. The molecule has 1 aliphatic rings. The molecule has 0 atom stereocenters. The van der Waals surface area contributed by atoms with Crippen LogP contribution in [0.1, 0.15) is 40.3 Å². The molecule has 0 fully saturated rings. The molecule has 0 radical (unpaired) electrons. The third kappa shape index (κ3) is 4.47. The molecule has 13 heteroatoms. The third-order valence-electron chi connectivity index (χ3n) is 5.28. The van der Waals surface area contributed by atoms with E-state index in [9.17, 15) is 24.3 Å². The van der Waals surface area contributed by atoms with Crippen molar-refractivity contribution in [3.05, 3.63) is 63.5 Å². The van der Waals surface area contributed by atoms with Crippen molar-refractivity contribution in [1.29, 1.82) is 0 Å². The topological polar surface area (TPSA) is 147 Å². The molecule has 3 aromatic rings. The summed E-state index contributed by atoms with van der Waals surface area (Å²) in [5.41, 5.74) is 0.455. The summed E-state index contributed by atoms with van der Waals surface area (Å²) in [6, 6.07) is 7.34. The lowest BCUT2D eigenvalue weighted by Crippen LogP contribution is -2.39. The van der Waals surface area contributed by atoms with Gasteiger partial charge in [-0.2, -0.15) is 0 Å². The summed E-state index contributed by atoms with van der Waals surface area (Å²) in [6.07, 6.45) is 1.62. The van der Waals surface area contributed by atoms with Crippen molar-refractivity contribution in [1.82, 2.24) is 19.9 Å². The summed E-state index contributed by atoms with van der Waals surface area (Å²) in [4.78, 5) is 38.0. The van der Waals surface area contributed by atoms with E-state index in [1.807, 2.05) is 0 Å². The number of non-ortho nitro benzene ring substituents is 1. The number of nitro groups is 1. The maximum Gasteiger partial charge on any atom is 0.332 e.